The van der Waals surface area contributed by atoms with Gasteiger partial charge in [-0.05, 0) is 88.6 Å². The molecule has 0 unspecified atom stereocenters. The number of benzene rings is 1. The second-order valence-electron chi connectivity index (χ2n) is 7.79. The predicted octanol–water partition coefficient (Wildman–Crippen LogP) is 4.41. The number of rotatable bonds is 10. The third-order valence-corrected chi connectivity index (χ3v) is 5.90. The van der Waals surface area contributed by atoms with Crippen LogP contribution < -0.4 is 5.32 Å². The van der Waals surface area contributed by atoms with E-state index in [-0.39, 0.29) is 0 Å². The van der Waals surface area contributed by atoms with Gasteiger partial charge in [0.2, 0.25) is 0 Å². The molecule has 1 fully saturated rings. The SMILES string of the molecule is C=CCN(C)CCCCO[C@H]1CC[C@H](N(C)C(=S)Nc2ccc(C#N)cc2)CC1. The van der Waals surface area contributed by atoms with E-state index in [0.717, 1.165) is 69.0 Å². The van der Waals surface area contributed by atoms with Gasteiger partial charge in [-0.25, -0.2) is 0 Å². The Labute approximate surface area is 181 Å². The number of nitrogens with one attached hydrogen (secondary N) is 1. The maximum atomic E-state index is 8.89. The molecule has 1 aromatic carbocycles. The van der Waals surface area contributed by atoms with Crippen molar-refractivity contribution in [2.45, 2.75) is 50.7 Å². The van der Waals surface area contributed by atoms with Gasteiger partial charge < -0.3 is 19.9 Å². The van der Waals surface area contributed by atoms with Crippen LogP contribution in [0, 0.1) is 11.3 Å². The molecule has 0 atom stereocenters. The van der Waals surface area contributed by atoms with Gasteiger partial charge in [-0.3, -0.25) is 0 Å². The van der Waals surface area contributed by atoms with Gasteiger partial charge in [-0.2, -0.15) is 5.26 Å². The molecule has 1 aliphatic rings. The highest BCUT2D eigenvalue weighted by molar-refractivity contribution is 7.80. The topological polar surface area (TPSA) is 51.5 Å². The number of thiocarbonyl (C=S) groups is 1. The van der Waals surface area contributed by atoms with Crippen LogP contribution in [0.3, 0.4) is 0 Å². The number of unbranched alkanes of at least 4 members (excludes halogenated alkanes) is 1. The lowest BCUT2D eigenvalue weighted by atomic mass is 9.92. The lowest BCUT2D eigenvalue weighted by molar-refractivity contribution is 0.0146. The summed E-state index contributed by atoms with van der Waals surface area (Å²) in [7, 11) is 4.19. The molecule has 0 heterocycles. The first-order valence-corrected chi connectivity index (χ1v) is 10.9. The zero-order valence-electron chi connectivity index (χ0n) is 17.8. The van der Waals surface area contributed by atoms with Crippen molar-refractivity contribution in [2.24, 2.45) is 0 Å². The molecule has 1 aliphatic carbocycles. The molecule has 6 heteroatoms. The van der Waals surface area contributed by atoms with E-state index in [1.807, 2.05) is 18.2 Å². The summed E-state index contributed by atoms with van der Waals surface area (Å²) in [6.45, 7) is 6.66. The Morgan fingerprint density at radius 2 is 1.93 bits per heavy atom. The summed E-state index contributed by atoms with van der Waals surface area (Å²) >= 11 is 5.58. The molecule has 0 aliphatic heterocycles. The maximum Gasteiger partial charge on any atom is 0.173 e. The van der Waals surface area contributed by atoms with E-state index >= 15 is 0 Å². The minimum absolute atomic E-state index is 0.380. The molecule has 0 spiro atoms. The molecule has 29 heavy (non-hydrogen) atoms. The van der Waals surface area contributed by atoms with Crippen molar-refractivity contribution in [2.75, 3.05) is 39.1 Å². The predicted molar refractivity (Wildman–Crippen MR) is 124 cm³/mol. The normalized spacial score (nSPS) is 18.8. The van der Waals surface area contributed by atoms with Gasteiger partial charge in [0, 0.05) is 31.9 Å². The van der Waals surface area contributed by atoms with Crippen molar-refractivity contribution in [3.05, 3.63) is 42.5 Å². The summed E-state index contributed by atoms with van der Waals surface area (Å²) in [5.74, 6) is 0. The van der Waals surface area contributed by atoms with Crippen LogP contribution in [0.2, 0.25) is 0 Å². The van der Waals surface area contributed by atoms with Gasteiger partial charge in [-0.15, -0.1) is 6.58 Å². The number of nitriles is 1. The lowest BCUT2D eigenvalue weighted by Crippen LogP contribution is -2.42. The fourth-order valence-corrected chi connectivity index (χ4v) is 3.92. The van der Waals surface area contributed by atoms with E-state index in [4.69, 9.17) is 22.2 Å². The first-order valence-electron chi connectivity index (χ1n) is 10.5. The Bertz CT molecular complexity index is 677. The van der Waals surface area contributed by atoms with Gasteiger partial charge in [0.05, 0.1) is 17.7 Å². The highest BCUT2D eigenvalue weighted by atomic mass is 32.1. The van der Waals surface area contributed by atoms with Crippen LogP contribution in [0.25, 0.3) is 0 Å². The molecule has 0 amide bonds. The molecular formula is C23H34N4OS. The molecule has 2 rings (SSSR count). The molecule has 1 N–H and O–H groups in total. The zero-order chi connectivity index (χ0) is 21.1. The summed E-state index contributed by atoms with van der Waals surface area (Å²) < 4.78 is 6.10. The summed E-state index contributed by atoms with van der Waals surface area (Å²) in [5, 5.41) is 12.9. The first kappa shape index (κ1) is 23.3. The Hall–Kier alpha value is -1.94. The monoisotopic (exact) mass is 414 g/mol. The van der Waals surface area contributed by atoms with Crippen LogP contribution in [-0.2, 0) is 4.74 Å². The molecule has 158 valence electrons. The van der Waals surface area contributed by atoms with Crippen LogP contribution in [-0.4, -0.2) is 60.8 Å². The van der Waals surface area contributed by atoms with E-state index in [0.29, 0.717) is 17.7 Å². The van der Waals surface area contributed by atoms with E-state index in [9.17, 15) is 0 Å². The Morgan fingerprint density at radius 1 is 1.24 bits per heavy atom. The average Bonchev–Trinajstić information content (AvgIpc) is 2.74. The minimum atomic E-state index is 0.380. The summed E-state index contributed by atoms with van der Waals surface area (Å²) in [5.41, 5.74) is 1.56. The summed E-state index contributed by atoms with van der Waals surface area (Å²) in [6, 6.07) is 9.94. The summed E-state index contributed by atoms with van der Waals surface area (Å²) in [4.78, 5) is 4.45. The fraction of sp³-hybridized carbons (Fsp3) is 0.565. The van der Waals surface area contributed by atoms with Crippen LogP contribution in [0.4, 0.5) is 5.69 Å². The van der Waals surface area contributed by atoms with Crippen molar-refractivity contribution < 1.29 is 4.74 Å². The second kappa shape index (κ2) is 12.6. The minimum Gasteiger partial charge on any atom is -0.378 e. The highest BCUT2D eigenvalue weighted by Crippen LogP contribution is 2.25. The van der Waals surface area contributed by atoms with Crippen molar-refractivity contribution in [1.29, 1.82) is 5.26 Å². The molecule has 0 bridgehead atoms. The number of hydrogen-bond acceptors (Lipinski definition) is 4. The molecular weight excluding hydrogens is 380 g/mol. The lowest BCUT2D eigenvalue weighted by Gasteiger charge is -2.36. The average molecular weight is 415 g/mol. The smallest absolute Gasteiger partial charge is 0.173 e. The maximum absolute atomic E-state index is 8.89. The molecule has 0 radical (unpaired) electrons. The Kier molecular flexibility index (Phi) is 10.1. The molecule has 0 saturated heterocycles. The number of ether oxygens (including phenoxy) is 1. The van der Waals surface area contributed by atoms with Gasteiger partial charge in [0.1, 0.15) is 0 Å². The van der Waals surface area contributed by atoms with Gasteiger partial charge in [0.15, 0.2) is 5.11 Å². The molecule has 5 nitrogen and oxygen atoms in total. The number of anilines is 1. The van der Waals surface area contributed by atoms with Crippen molar-refractivity contribution >= 4 is 23.0 Å². The first-order chi connectivity index (χ1) is 14.0. The molecule has 1 saturated carbocycles. The van der Waals surface area contributed by atoms with E-state index in [1.165, 1.54) is 0 Å². The van der Waals surface area contributed by atoms with Crippen molar-refractivity contribution in [3.8, 4) is 6.07 Å². The van der Waals surface area contributed by atoms with E-state index < -0.39 is 0 Å². The van der Waals surface area contributed by atoms with Crippen molar-refractivity contribution in [3.63, 3.8) is 0 Å². The number of hydrogen-bond donors (Lipinski definition) is 1. The Balaban J connectivity index is 1.64. The zero-order valence-corrected chi connectivity index (χ0v) is 18.6. The van der Waals surface area contributed by atoms with Crippen LogP contribution in [0.15, 0.2) is 36.9 Å². The quantitative estimate of drug-likeness (QED) is 0.348. The molecule has 1 aromatic rings. The van der Waals surface area contributed by atoms with E-state index in [2.05, 4.69) is 41.9 Å². The van der Waals surface area contributed by atoms with Crippen LogP contribution in [0.5, 0.6) is 0 Å². The number of nitrogens with zero attached hydrogens (tertiary/aromatic N) is 3. The van der Waals surface area contributed by atoms with Crippen LogP contribution in [0.1, 0.15) is 44.1 Å². The van der Waals surface area contributed by atoms with Gasteiger partial charge in [-0.1, -0.05) is 6.08 Å². The number of likely N-dealkylation sites (N-methyl/N-ethyl adjacent to an activating group) is 1. The highest BCUT2D eigenvalue weighted by Gasteiger charge is 2.25. The van der Waals surface area contributed by atoms with Gasteiger partial charge >= 0.3 is 0 Å². The third-order valence-electron chi connectivity index (χ3n) is 5.51. The van der Waals surface area contributed by atoms with Crippen molar-refractivity contribution in [1.82, 2.24) is 9.80 Å². The largest absolute Gasteiger partial charge is 0.378 e. The summed E-state index contributed by atoms with van der Waals surface area (Å²) in [6.07, 6.45) is 8.97. The molecule has 0 aromatic heterocycles. The fourth-order valence-electron chi connectivity index (χ4n) is 3.65. The standard InChI is InChI=1S/C23H34N4OS/c1-4-15-26(2)16-5-6-17-28-22-13-11-21(12-14-22)27(3)23(29)25-20-9-7-19(18-24)8-10-20/h4,7-10,21-22H,1,5-6,11-17H2,2-3H3,(H,25,29)/t21-,22-. The third kappa shape index (κ3) is 8.14. The van der Waals surface area contributed by atoms with Crippen LogP contribution >= 0.6 is 12.2 Å². The Morgan fingerprint density at radius 3 is 2.55 bits per heavy atom. The van der Waals surface area contributed by atoms with Gasteiger partial charge in [0.25, 0.3) is 0 Å². The second-order valence-corrected chi connectivity index (χ2v) is 8.18. The van der Waals surface area contributed by atoms with E-state index in [1.54, 1.807) is 12.1 Å².